The molecule has 21 heavy (non-hydrogen) atoms. The highest BCUT2D eigenvalue weighted by atomic mass is 19.1. The molecule has 0 spiro atoms. The maximum atomic E-state index is 13.8. The van der Waals surface area contributed by atoms with Crippen LogP contribution in [0.3, 0.4) is 0 Å². The molecule has 0 saturated carbocycles. The van der Waals surface area contributed by atoms with Crippen LogP contribution in [0.5, 0.6) is 0 Å². The summed E-state index contributed by atoms with van der Waals surface area (Å²) in [5, 5.41) is 3.50. The predicted octanol–water partition coefficient (Wildman–Crippen LogP) is 3.91. The molecule has 0 radical (unpaired) electrons. The molecule has 2 nitrogen and oxygen atoms in total. The van der Waals surface area contributed by atoms with E-state index in [1.165, 1.54) is 19.5 Å². The first kappa shape index (κ1) is 16.4. The van der Waals surface area contributed by atoms with Crippen molar-refractivity contribution in [2.45, 2.75) is 46.6 Å². The molecule has 0 aromatic heterocycles. The highest BCUT2D eigenvalue weighted by Crippen LogP contribution is 2.29. The number of hydrogen-bond donors (Lipinski definition) is 1. The molecule has 0 amide bonds. The van der Waals surface area contributed by atoms with Crippen LogP contribution in [0.2, 0.25) is 0 Å². The van der Waals surface area contributed by atoms with Gasteiger partial charge in [-0.05, 0) is 62.0 Å². The third kappa shape index (κ3) is 4.52. The normalized spacial score (nSPS) is 19.9. The Hall–Kier alpha value is -0.930. The number of nitrogens with zero attached hydrogens (tertiary/aromatic N) is 1. The van der Waals surface area contributed by atoms with Gasteiger partial charge in [-0.15, -0.1) is 0 Å². The van der Waals surface area contributed by atoms with E-state index in [-0.39, 0.29) is 11.9 Å². The molecule has 1 fully saturated rings. The summed E-state index contributed by atoms with van der Waals surface area (Å²) in [6, 6.07) is 5.87. The molecule has 3 heteroatoms. The lowest BCUT2D eigenvalue weighted by molar-refractivity contribution is 0.274. The molecular weight excluding hydrogens is 263 g/mol. The van der Waals surface area contributed by atoms with Gasteiger partial charge in [0.25, 0.3) is 0 Å². The molecule has 1 aromatic rings. The van der Waals surface area contributed by atoms with Crippen molar-refractivity contribution in [2.24, 2.45) is 5.41 Å². The fraction of sp³-hybridized carbons (Fsp3) is 0.667. The van der Waals surface area contributed by atoms with Gasteiger partial charge in [-0.3, -0.25) is 0 Å². The van der Waals surface area contributed by atoms with E-state index in [1.807, 2.05) is 13.0 Å². The Kier molecular flexibility index (Phi) is 5.39. The quantitative estimate of drug-likeness (QED) is 0.855. The topological polar surface area (TPSA) is 15.3 Å². The second-order valence-corrected chi connectivity index (χ2v) is 7.10. The van der Waals surface area contributed by atoms with Gasteiger partial charge in [0.2, 0.25) is 0 Å². The zero-order valence-electron chi connectivity index (χ0n) is 13.9. The summed E-state index contributed by atoms with van der Waals surface area (Å²) < 4.78 is 13.8. The van der Waals surface area contributed by atoms with Crippen molar-refractivity contribution in [1.29, 1.82) is 0 Å². The van der Waals surface area contributed by atoms with Crippen LogP contribution in [-0.2, 0) is 0 Å². The molecule has 1 aliphatic rings. The summed E-state index contributed by atoms with van der Waals surface area (Å²) in [6.45, 7) is 12.9. The number of halogens is 1. The van der Waals surface area contributed by atoms with Gasteiger partial charge in [0.05, 0.1) is 0 Å². The molecule has 0 aliphatic carbocycles. The van der Waals surface area contributed by atoms with E-state index in [1.54, 1.807) is 6.07 Å². The van der Waals surface area contributed by atoms with Gasteiger partial charge in [0.15, 0.2) is 0 Å². The molecule has 118 valence electrons. The van der Waals surface area contributed by atoms with Crippen molar-refractivity contribution in [3.05, 3.63) is 35.1 Å². The van der Waals surface area contributed by atoms with Crippen LogP contribution in [0.25, 0.3) is 0 Å². The number of benzene rings is 1. The second kappa shape index (κ2) is 6.89. The van der Waals surface area contributed by atoms with Crippen molar-refractivity contribution in [2.75, 3.05) is 26.2 Å². The smallest absolute Gasteiger partial charge is 0.126 e. The highest BCUT2D eigenvalue weighted by Gasteiger charge is 2.29. The minimum absolute atomic E-state index is 0.0993. The maximum absolute atomic E-state index is 13.8. The van der Waals surface area contributed by atoms with Gasteiger partial charge in [-0.2, -0.15) is 0 Å². The average molecular weight is 292 g/mol. The first-order chi connectivity index (χ1) is 9.91. The Morgan fingerprint density at radius 3 is 2.71 bits per heavy atom. The molecule has 1 saturated heterocycles. The third-order valence-corrected chi connectivity index (χ3v) is 4.54. The number of aryl methyl sites for hydroxylation is 1. The van der Waals surface area contributed by atoms with E-state index in [2.05, 4.69) is 37.1 Å². The summed E-state index contributed by atoms with van der Waals surface area (Å²) in [6.07, 6.45) is 2.31. The minimum atomic E-state index is -0.0993. The monoisotopic (exact) mass is 292 g/mol. The van der Waals surface area contributed by atoms with Crippen molar-refractivity contribution in [3.63, 3.8) is 0 Å². The first-order valence-corrected chi connectivity index (χ1v) is 8.13. The Bertz CT molecular complexity index is 470. The number of hydrogen-bond acceptors (Lipinski definition) is 2. The molecule has 1 atom stereocenters. The van der Waals surface area contributed by atoms with E-state index in [0.717, 1.165) is 30.6 Å². The van der Waals surface area contributed by atoms with Crippen molar-refractivity contribution in [1.82, 2.24) is 10.2 Å². The van der Waals surface area contributed by atoms with Crippen LogP contribution >= 0.6 is 0 Å². The van der Waals surface area contributed by atoms with E-state index in [9.17, 15) is 4.39 Å². The second-order valence-electron chi connectivity index (χ2n) is 7.10. The van der Waals surface area contributed by atoms with Crippen molar-refractivity contribution < 1.29 is 4.39 Å². The first-order valence-electron chi connectivity index (χ1n) is 8.13. The zero-order chi connectivity index (χ0) is 15.5. The lowest BCUT2D eigenvalue weighted by atomic mass is 9.93. The molecule has 1 N–H and O–H groups in total. The molecule has 1 aliphatic heterocycles. The predicted molar refractivity (Wildman–Crippen MR) is 87.0 cm³/mol. The third-order valence-electron chi connectivity index (χ3n) is 4.54. The number of likely N-dealkylation sites (tertiary alicyclic amines) is 1. The summed E-state index contributed by atoms with van der Waals surface area (Å²) in [4.78, 5) is 2.54. The van der Waals surface area contributed by atoms with Crippen LogP contribution in [0, 0.1) is 18.2 Å². The fourth-order valence-electron chi connectivity index (χ4n) is 3.19. The largest absolute Gasteiger partial charge is 0.310 e. The highest BCUT2D eigenvalue weighted by molar-refractivity contribution is 5.25. The van der Waals surface area contributed by atoms with Crippen molar-refractivity contribution >= 4 is 0 Å². The molecule has 1 heterocycles. The molecule has 2 rings (SSSR count). The van der Waals surface area contributed by atoms with Gasteiger partial charge in [-0.25, -0.2) is 4.39 Å². The van der Waals surface area contributed by atoms with Crippen LogP contribution in [0.4, 0.5) is 4.39 Å². The fourth-order valence-corrected chi connectivity index (χ4v) is 3.19. The number of nitrogens with one attached hydrogen (secondary N) is 1. The van der Waals surface area contributed by atoms with Crippen LogP contribution in [0.1, 0.15) is 50.8 Å². The van der Waals surface area contributed by atoms with E-state index in [4.69, 9.17) is 0 Å². The lowest BCUT2D eigenvalue weighted by Gasteiger charge is -2.24. The zero-order valence-corrected chi connectivity index (χ0v) is 13.9. The molecule has 1 aromatic carbocycles. The SMILES string of the molecule is CCNC(CCN1CCC(C)(C)C1)c1ccc(C)c(F)c1. The van der Waals surface area contributed by atoms with Gasteiger partial charge < -0.3 is 10.2 Å². The molecular formula is C18H29FN2. The summed E-state index contributed by atoms with van der Waals surface area (Å²) in [5.74, 6) is -0.0993. The van der Waals surface area contributed by atoms with Gasteiger partial charge >= 0.3 is 0 Å². The average Bonchev–Trinajstić information content (AvgIpc) is 2.77. The Morgan fingerprint density at radius 1 is 1.38 bits per heavy atom. The van der Waals surface area contributed by atoms with Crippen LogP contribution in [-0.4, -0.2) is 31.1 Å². The van der Waals surface area contributed by atoms with Gasteiger partial charge in [-0.1, -0.05) is 32.9 Å². The summed E-state index contributed by atoms with van der Waals surface area (Å²) in [7, 11) is 0. The van der Waals surface area contributed by atoms with Crippen molar-refractivity contribution in [3.8, 4) is 0 Å². The van der Waals surface area contributed by atoms with Crippen LogP contribution in [0.15, 0.2) is 18.2 Å². The minimum Gasteiger partial charge on any atom is -0.310 e. The van der Waals surface area contributed by atoms with E-state index in [0.29, 0.717) is 5.41 Å². The standard InChI is InChI=1S/C18H29FN2/c1-5-20-17(15-7-6-14(2)16(19)12-15)8-10-21-11-9-18(3,4)13-21/h6-7,12,17,20H,5,8-11,13H2,1-4H3. The Balaban J connectivity index is 1.97. The Labute approximate surface area is 128 Å². The van der Waals surface area contributed by atoms with Gasteiger partial charge in [0.1, 0.15) is 5.82 Å². The Morgan fingerprint density at radius 2 is 2.14 bits per heavy atom. The molecule has 0 bridgehead atoms. The molecule has 1 unspecified atom stereocenters. The van der Waals surface area contributed by atoms with Crippen LogP contribution < -0.4 is 5.32 Å². The van der Waals surface area contributed by atoms with Gasteiger partial charge in [0, 0.05) is 12.6 Å². The lowest BCUT2D eigenvalue weighted by Crippen LogP contribution is -2.29. The summed E-state index contributed by atoms with van der Waals surface area (Å²) in [5.41, 5.74) is 2.23. The summed E-state index contributed by atoms with van der Waals surface area (Å²) >= 11 is 0. The number of rotatable bonds is 6. The maximum Gasteiger partial charge on any atom is 0.126 e. The van der Waals surface area contributed by atoms with E-state index >= 15 is 0 Å². The van der Waals surface area contributed by atoms with E-state index < -0.39 is 0 Å².